The van der Waals surface area contributed by atoms with Crippen molar-refractivity contribution in [2.24, 2.45) is 5.11 Å². The fraction of sp³-hybridized carbons (Fsp3) is 0.200. The Morgan fingerprint density at radius 2 is 1.61 bits per heavy atom. The number of ether oxygens (including phenoxy) is 3. The van der Waals surface area contributed by atoms with Gasteiger partial charge in [0.05, 0.1) is 17.4 Å². The molecule has 2 aromatic carbocycles. The molecule has 1 aliphatic heterocycles. The Hall–Kier alpha value is -3.77. The van der Waals surface area contributed by atoms with Crippen LogP contribution < -0.4 is 0 Å². The third kappa shape index (κ3) is 4.69. The summed E-state index contributed by atoms with van der Waals surface area (Å²) >= 11 is 0. The highest BCUT2D eigenvalue weighted by Gasteiger charge is 2.35. The van der Waals surface area contributed by atoms with E-state index < -0.39 is 30.2 Å². The zero-order valence-corrected chi connectivity index (χ0v) is 14.8. The predicted octanol–water partition coefficient (Wildman–Crippen LogP) is 3.66. The fourth-order valence-electron chi connectivity index (χ4n) is 2.66. The summed E-state index contributed by atoms with van der Waals surface area (Å²) in [5, 5.41) is 3.68. The van der Waals surface area contributed by atoms with Crippen LogP contribution in [0.25, 0.3) is 10.4 Å². The second-order valence-electron chi connectivity index (χ2n) is 5.90. The number of rotatable bonds is 6. The van der Waals surface area contributed by atoms with Gasteiger partial charge < -0.3 is 14.2 Å². The van der Waals surface area contributed by atoms with Crippen LogP contribution in [0.4, 0.5) is 0 Å². The van der Waals surface area contributed by atoms with E-state index in [2.05, 4.69) is 10.0 Å². The fourth-order valence-corrected chi connectivity index (χ4v) is 2.66. The maximum atomic E-state index is 12.3. The van der Waals surface area contributed by atoms with E-state index in [4.69, 9.17) is 19.7 Å². The topological polar surface area (TPSA) is 111 Å². The van der Waals surface area contributed by atoms with Gasteiger partial charge in [-0.2, -0.15) is 0 Å². The van der Waals surface area contributed by atoms with E-state index in [0.717, 1.165) is 0 Å². The summed E-state index contributed by atoms with van der Waals surface area (Å²) in [4.78, 5) is 27.2. The molecule has 1 heterocycles. The molecule has 0 bridgehead atoms. The van der Waals surface area contributed by atoms with Crippen LogP contribution >= 0.6 is 0 Å². The molecular formula is C20H17N3O5. The first kappa shape index (κ1) is 19.0. The predicted molar refractivity (Wildman–Crippen MR) is 99.3 cm³/mol. The number of esters is 2. The summed E-state index contributed by atoms with van der Waals surface area (Å²) in [7, 11) is 0. The number of azide groups is 1. The zero-order valence-electron chi connectivity index (χ0n) is 14.8. The molecule has 0 radical (unpaired) electrons. The molecule has 28 heavy (non-hydrogen) atoms. The van der Waals surface area contributed by atoms with Crippen molar-refractivity contribution in [1.29, 1.82) is 0 Å². The summed E-state index contributed by atoms with van der Waals surface area (Å²) in [6.07, 6.45) is 1.18. The van der Waals surface area contributed by atoms with E-state index in [1.165, 1.54) is 12.3 Å². The monoisotopic (exact) mass is 379 g/mol. The molecule has 0 aliphatic carbocycles. The lowest BCUT2D eigenvalue weighted by atomic mass is 10.0. The summed E-state index contributed by atoms with van der Waals surface area (Å²) in [6.45, 7) is -0.166. The number of nitrogens with zero attached hydrogens (tertiary/aromatic N) is 3. The molecule has 3 atom stereocenters. The van der Waals surface area contributed by atoms with E-state index in [1.807, 2.05) is 0 Å². The van der Waals surface area contributed by atoms with E-state index in [0.29, 0.717) is 11.1 Å². The van der Waals surface area contributed by atoms with Gasteiger partial charge in [0, 0.05) is 4.91 Å². The minimum Gasteiger partial charge on any atom is -0.494 e. The number of benzene rings is 2. The lowest BCUT2D eigenvalue weighted by Gasteiger charge is -2.31. The van der Waals surface area contributed by atoms with Crippen molar-refractivity contribution in [2.45, 2.75) is 18.2 Å². The van der Waals surface area contributed by atoms with Gasteiger partial charge in [0.15, 0.2) is 0 Å². The van der Waals surface area contributed by atoms with Gasteiger partial charge in [0.25, 0.3) is 0 Å². The smallest absolute Gasteiger partial charge is 0.338 e. The molecular weight excluding hydrogens is 362 g/mol. The van der Waals surface area contributed by atoms with Crippen molar-refractivity contribution in [3.8, 4) is 0 Å². The Bertz CT molecular complexity index is 895. The molecule has 0 amide bonds. The van der Waals surface area contributed by atoms with Gasteiger partial charge in [-0.05, 0) is 35.9 Å². The van der Waals surface area contributed by atoms with Gasteiger partial charge in [-0.15, -0.1) is 0 Å². The molecule has 0 saturated carbocycles. The van der Waals surface area contributed by atoms with E-state index in [-0.39, 0.29) is 6.61 Å². The highest BCUT2D eigenvalue weighted by atomic mass is 16.6. The Labute approximate surface area is 161 Å². The van der Waals surface area contributed by atoms with Crippen LogP contribution in [-0.2, 0) is 14.2 Å². The van der Waals surface area contributed by atoms with Gasteiger partial charge in [0.2, 0.25) is 0 Å². The molecule has 0 saturated heterocycles. The van der Waals surface area contributed by atoms with Crippen LogP contribution in [0.3, 0.4) is 0 Å². The second-order valence-corrected chi connectivity index (χ2v) is 5.90. The van der Waals surface area contributed by atoms with Gasteiger partial charge in [-0.25, -0.2) is 9.59 Å². The molecule has 2 aromatic rings. The van der Waals surface area contributed by atoms with Crippen molar-refractivity contribution < 1.29 is 23.8 Å². The van der Waals surface area contributed by atoms with Crippen LogP contribution in [0.15, 0.2) is 78.1 Å². The Balaban J connectivity index is 1.67. The van der Waals surface area contributed by atoms with E-state index >= 15 is 0 Å². The summed E-state index contributed by atoms with van der Waals surface area (Å²) in [6, 6.07) is 16.0. The van der Waals surface area contributed by atoms with Crippen molar-refractivity contribution in [2.75, 3.05) is 6.61 Å². The summed E-state index contributed by atoms with van der Waals surface area (Å²) in [5.74, 6) is -1.09. The molecule has 0 aromatic heterocycles. The lowest BCUT2D eigenvalue weighted by molar-refractivity contribution is -0.0224. The largest absolute Gasteiger partial charge is 0.494 e. The van der Waals surface area contributed by atoms with Crippen LogP contribution in [0.5, 0.6) is 0 Å². The quantitative estimate of drug-likeness (QED) is 0.329. The van der Waals surface area contributed by atoms with Gasteiger partial charge in [-0.3, -0.25) is 0 Å². The number of hydrogen-bond acceptors (Lipinski definition) is 6. The molecule has 8 heteroatoms. The SMILES string of the molecule is [N-]=[N+]=N[C@@H]1C(OC(=O)c2ccccc2)C=COC1COC(=O)c1ccccc1. The van der Waals surface area contributed by atoms with Crippen LogP contribution in [0.1, 0.15) is 20.7 Å². The zero-order chi connectivity index (χ0) is 19.8. The summed E-state index contributed by atoms with van der Waals surface area (Å²) < 4.78 is 16.1. The molecule has 8 nitrogen and oxygen atoms in total. The van der Waals surface area contributed by atoms with Gasteiger partial charge in [-0.1, -0.05) is 41.5 Å². The van der Waals surface area contributed by atoms with Crippen LogP contribution in [0.2, 0.25) is 0 Å². The average Bonchev–Trinajstić information content (AvgIpc) is 2.75. The first-order chi connectivity index (χ1) is 13.7. The molecule has 2 unspecified atom stereocenters. The molecule has 0 N–H and O–H groups in total. The highest BCUT2D eigenvalue weighted by molar-refractivity contribution is 5.90. The van der Waals surface area contributed by atoms with Crippen LogP contribution in [0, 0.1) is 0 Å². The number of carbonyl (C=O) groups is 2. The first-order valence-corrected chi connectivity index (χ1v) is 8.53. The molecule has 0 fully saturated rings. The maximum absolute atomic E-state index is 12.3. The number of hydrogen-bond donors (Lipinski definition) is 0. The summed E-state index contributed by atoms with van der Waals surface area (Å²) in [5.41, 5.74) is 9.65. The third-order valence-electron chi connectivity index (χ3n) is 4.06. The second kappa shape index (κ2) is 9.25. The maximum Gasteiger partial charge on any atom is 0.338 e. The Morgan fingerprint density at radius 1 is 1.00 bits per heavy atom. The number of carbonyl (C=O) groups excluding carboxylic acids is 2. The normalized spacial score (nSPS) is 20.4. The van der Waals surface area contributed by atoms with Crippen molar-refractivity contribution in [3.63, 3.8) is 0 Å². The van der Waals surface area contributed by atoms with Gasteiger partial charge >= 0.3 is 11.9 Å². The van der Waals surface area contributed by atoms with Crippen molar-refractivity contribution in [3.05, 3.63) is 94.6 Å². The Morgan fingerprint density at radius 3 is 2.21 bits per heavy atom. The Kier molecular flexibility index (Phi) is 6.28. The van der Waals surface area contributed by atoms with Crippen molar-refractivity contribution in [1.82, 2.24) is 0 Å². The lowest BCUT2D eigenvalue weighted by Crippen LogP contribution is -2.43. The van der Waals surface area contributed by atoms with E-state index in [1.54, 1.807) is 60.7 Å². The minimum absolute atomic E-state index is 0.166. The van der Waals surface area contributed by atoms with Crippen molar-refractivity contribution >= 4 is 11.9 Å². The van der Waals surface area contributed by atoms with Crippen LogP contribution in [-0.4, -0.2) is 36.8 Å². The molecule has 3 rings (SSSR count). The highest BCUT2D eigenvalue weighted by Crippen LogP contribution is 2.21. The molecule has 0 spiro atoms. The van der Waals surface area contributed by atoms with E-state index in [9.17, 15) is 9.59 Å². The first-order valence-electron chi connectivity index (χ1n) is 8.53. The minimum atomic E-state index is -0.883. The molecule has 1 aliphatic rings. The third-order valence-corrected chi connectivity index (χ3v) is 4.06. The standard InChI is InChI=1S/C20H17N3O5/c21-23-22-18-16(28-20(25)15-9-5-2-6-10-15)11-12-26-17(18)13-27-19(24)14-7-3-1-4-8-14/h1-12,16-18H,13H2/t16?,17?,18-/m1/s1. The van der Waals surface area contributed by atoms with Gasteiger partial charge in [0.1, 0.15) is 24.9 Å². The molecule has 142 valence electrons. The average molecular weight is 379 g/mol.